The van der Waals surface area contributed by atoms with E-state index in [9.17, 15) is 4.79 Å². The monoisotopic (exact) mass is 234 g/mol. The zero-order chi connectivity index (χ0) is 13.1. The Labute approximate surface area is 99.4 Å². The van der Waals surface area contributed by atoms with Gasteiger partial charge in [0.2, 0.25) is 0 Å². The number of hydrogen-bond donors (Lipinski definition) is 2. The molecule has 0 heterocycles. The minimum atomic E-state index is -1.02. The largest absolute Gasteiger partial charge is 0.491 e. The molecule has 0 unspecified atom stereocenters. The van der Waals surface area contributed by atoms with E-state index in [0.717, 1.165) is 0 Å². The van der Waals surface area contributed by atoms with E-state index in [2.05, 4.69) is 0 Å². The van der Waals surface area contributed by atoms with Gasteiger partial charge >= 0.3 is 5.97 Å². The smallest absolute Gasteiger partial charge is 0.312 e. The molecule has 0 aliphatic heterocycles. The van der Waals surface area contributed by atoms with Crippen LogP contribution in [-0.2, 0) is 4.79 Å². The summed E-state index contributed by atoms with van der Waals surface area (Å²) in [6.45, 7) is 3.07. The molecule has 1 rings (SSSR count). The topological polar surface area (TPSA) is 96.3 Å². The Morgan fingerprint density at radius 2 is 2.24 bits per heavy atom. The van der Waals surface area contributed by atoms with Gasteiger partial charge in [0.1, 0.15) is 24.0 Å². The van der Waals surface area contributed by atoms with Crippen LogP contribution in [0.2, 0.25) is 0 Å². The number of benzene rings is 1. The highest BCUT2D eigenvalue weighted by Gasteiger charge is 2.28. The molecule has 3 N–H and O–H groups in total. The molecule has 0 radical (unpaired) electrons. The first-order chi connectivity index (χ1) is 7.88. The van der Waals surface area contributed by atoms with E-state index < -0.39 is 11.4 Å². The van der Waals surface area contributed by atoms with Gasteiger partial charge in [-0.15, -0.1) is 0 Å². The summed E-state index contributed by atoms with van der Waals surface area (Å²) in [5.41, 5.74) is 5.14. The number of nitrogen functional groups attached to an aromatic ring is 1. The Morgan fingerprint density at radius 3 is 2.76 bits per heavy atom. The van der Waals surface area contributed by atoms with Gasteiger partial charge in [-0.2, -0.15) is 5.26 Å². The van der Waals surface area contributed by atoms with E-state index >= 15 is 0 Å². The number of carboxylic acids is 1. The van der Waals surface area contributed by atoms with Crippen LogP contribution in [0.15, 0.2) is 18.2 Å². The molecule has 0 bridgehead atoms. The van der Waals surface area contributed by atoms with Crippen molar-refractivity contribution in [3.8, 4) is 11.8 Å². The van der Waals surface area contributed by atoms with Crippen molar-refractivity contribution >= 4 is 11.7 Å². The van der Waals surface area contributed by atoms with E-state index in [-0.39, 0.29) is 12.2 Å². The SMILES string of the molecule is CC(C)(COc1cccc(N)c1C#N)C(=O)O. The highest BCUT2D eigenvalue weighted by atomic mass is 16.5. The molecule has 17 heavy (non-hydrogen) atoms. The molecule has 0 spiro atoms. The number of nitrogens with zero attached hydrogens (tertiary/aromatic N) is 1. The van der Waals surface area contributed by atoms with Crippen LogP contribution in [0.25, 0.3) is 0 Å². The molecule has 0 aliphatic carbocycles. The van der Waals surface area contributed by atoms with E-state index in [4.69, 9.17) is 20.8 Å². The predicted molar refractivity (Wildman–Crippen MR) is 62.5 cm³/mol. The molecular formula is C12H14N2O3. The first kappa shape index (κ1) is 12.8. The van der Waals surface area contributed by atoms with Crippen molar-refractivity contribution in [3.05, 3.63) is 23.8 Å². The number of carboxylic acid groups (broad SMARTS) is 1. The molecule has 5 nitrogen and oxygen atoms in total. The quantitative estimate of drug-likeness (QED) is 0.772. The third-order valence-corrected chi connectivity index (χ3v) is 2.34. The van der Waals surface area contributed by atoms with Crippen LogP contribution in [0.3, 0.4) is 0 Å². The first-order valence-electron chi connectivity index (χ1n) is 5.03. The van der Waals surface area contributed by atoms with E-state index in [1.807, 2.05) is 6.07 Å². The summed E-state index contributed by atoms with van der Waals surface area (Å²) < 4.78 is 5.35. The highest BCUT2D eigenvalue weighted by Crippen LogP contribution is 2.25. The molecule has 0 aliphatic rings. The molecule has 0 aromatic heterocycles. The standard InChI is InChI=1S/C12H14N2O3/c1-12(2,11(15)16)7-17-10-5-3-4-9(14)8(10)6-13/h3-5H,7,14H2,1-2H3,(H,15,16). The van der Waals surface area contributed by atoms with Gasteiger partial charge in [0.15, 0.2) is 0 Å². The molecule has 5 heteroatoms. The Bertz CT molecular complexity index is 475. The summed E-state index contributed by atoms with van der Waals surface area (Å²) in [6.07, 6.45) is 0. The number of anilines is 1. The van der Waals surface area contributed by atoms with Crippen molar-refractivity contribution in [1.82, 2.24) is 0 Å². The average molecular weight is 234 g/mol. The second-order valence-electron chi connectivity index (χ2n) is 4.31. The lowest BCUT2D eigenvalue weighted by molar-refractivity contribution is -0.148. The van der Waals surface area contributed by atoms with Gasteiger partial charge in [0.05, 0.1) is 11.1 Å². The molecule has 0 saturated carbocycles. The third kappa shape index (κ3) is 2.88. The van der Waals surface area contributed by atoms with Gasteiger partial charge in [0, 0.05) is 0 Å². The van der Waals surface area contributed by atoms with Gasteiger partial charge in [0.25, 0.3) is 0 Å². The Morgan fingerprint density at radius 1 is 1.59 bits per heavy atom. The van der Waals surface area contributed by atoms with Crippen LogP contribution in [0.5, 0.6) is 5.75 Å². The Kier molecular flexibility index (Phi) is 3.59. The van der Waals surface area contributed by atoms with Crippen LogP contribution >= 0.6 is 0 Å². The number of ether oxygens (including phenoxy) is 1. The number of hydrogen-bond acceptors (Lipinski definition) is 4. The first-order valence-corrected chi connectivity index (χ1v) is 5.03. The number of carbonyl (C=O) groups is 1. The molecule has 0 fully saturated rings. The fourth-order valence-corrected chi connectivity index (χ4v) is 1.11. The van der Waals surface area contributed by atoms with Crippen molar-refractivity contribution in [2.24, 2.45) is 5.41 Å². The minimum Gasteiger partial charge on any atom is -0.491 e. The zero-order valence-electron chi connectivity index (χ0n) is 9.73. The number of nitrogens with two attached hydrogens (primary N) is 1. The van der Waals surface area contributed by atoms with Crippen LogP contribution in [-0.4, -0.2) is 17.7 Å². The van der Waals surface area contributed by atoms with Gasteiger partial charge in [-0.05, 0) is 26.0 Å². The Hall–Kier alpha value is -2.22. The Balaban J connectivity index is 2.88. The lowest BCUT2D eigenvalue weighted by atomic mass is 9.95. The summed E-state index contributed by atoms with van der Waals surface area (Å²) in [5.74, 6) is -0.651. The number of aliphatic carboxylic acids is 1. The van der Waals surface area contributed by atoms with Crippen molar-refractivity contribution in [1.29, 1.82) is 5.26 Å². The molecular weight excluding hydrogens is 220 g/mol. The summed E-state index contributed by atoms with van der Waals surface area (Å²) in [7, 11) is 0. The third-order valence-electron chi connectivity index (χ3n) is 2.34. The van der Waals surface area contributed by atoms with Gasteiger partial charge in [-0.25, -0.2) is 0 Å². The second kappa shape index (κ2) is 4.74. The van der Waals surface area contributed by atoms with Crippen LogP contribution in [0.1, 0.15) is 19.4 Å². The number of nitriles is 1. The summed E-state index contributed by atoms with van der Waals surface area (Å²) >= 11 is 0. The van der Waals surface area contributed by atoms with Crippen LogP contribution in [0.4, 0.5) is 5.69 Å². The summed E-state index contributed by atoms with van der Waals surface area (Å²) in [4.78, 5) is 10.9. The molecule has 1 aromatic carbocycles. The number of rotatable bonds is 4. The molecule has 1 aromatic rings. The van der Waals surface area contributed by atoms with E-state index in [0.29, 0.717) is 11.4 Å². The van der Waals surface area contributed by atoms with Gasteiger partial charge in [-0.3, -0.25) is 4.79 Å². The van der Waals surface area contributed by atoms with Gasteiger partial charge < -0.3 is 15.6 Å². The van der Waals surface area contributed by atoms with E-state index in [1.165, 1.54) is 0 Å². The highest BCUT2D eigenvalue weighted by molar-refractivity contribution is 5.73. The van der Waals surface area contributed by atoms with Crippen LogP contribution < -0.4 is 10.5 Å². The lowest BCUT2D eigenvalue weighted by Crippen LogP contribution is -2.30. The fraction of sp³-hybridized carbons (Fsp3) is 0.333. The second-order valence-corrected chi connectivity index (χ2v) is 4.31. The normalized spacial score (nSPS) is 10.6. The fourth-order valence-electron chi connectivity index (χ4n) is 1.11. The maximum atomic E-state index is 10.9. The van der Waals surface area contributed by atoms with Crippen molar-refractivity contribution in [2.45, 2.75) is 13.8 Å². The maximum absolute atomic E-state index is 10.9. The summed E-state index contributed by atoms with van der Waals surface area (Å²) in [6, 6.07) is 6.77. The average Bonchev–Trinajstić information content (AvgIpc) is 2.26. The molecule has 0 amide bonds. The minimum absolute atomic E-state index is 0.0273. The predicted octanol–water partition coefficient (Wildman–Crippen LogP) is 1.63. The van der Waals surface area contributed by atoms with Crippen LogP contribution in [0, 0.1) is 16.7 Å². The maximum Gasteiger partial charge on any atom is 0.312 e. The van der Waals surface area contributed by atoms with Crippen molar-refractivity contribution in [2.75, 3.05) is 12.3 Å². The molecule has 90 valence electrons. The molecule has 0 atom stereocenters. The van der Waals surface area contributed by atoms with Gasteiger partial charge in [-0.1, -0.05) is 6.07 Å². The molecule has 0 saturated heterocycles. The lowest BCUT2D eigenvalue weighted by Gasteiger charge is -2.20. The van der Waals surface area contributed by atoms with Crippen molar-refractivity contribution < 1.29 is 14.6 Å². The zero-order valence-corrected chi connectivity index (χ0v) is 9.73. The summed E-state index contributed by atoms with van der Waals surface area (Å²) in [5, 5.41) is 17.8. The van der Waals surface area contributed by atoms with E-state index in [1.54, 1.807) is 32.0 Å². The van der Waals surface area contributed by atoms with Crippen molar-refractivity contribution in [3.63, 3.8) is 0 Å².